The molecule has 0 bridgehead atoms. The molecule has 1 aromatic rings. The number of ether oxygens (including phenoxy) is 7. The number of carbonyl (C=O) groups is 3. The second-order valence-corrected chi connectivity index (χ2v) is 12.9. The van der Waals surface area contributed by atoms with Crippen molar-refractivity contribution in [2.24, 2.45) is 0 Å². The molecule has 1 aromatic carbocycles. The Kier molecular flexibility index (Phi) is 14.2. The molecule has 0 saturated carbocycles. The fraction of sp³-hybridized carbons (Fsp3) is 0.595. The highest BCUT2D eigenvalue weighted by Gasteiger charge is 2.55. The van der Waals surface area contributed by atoms with Crippen LogP contribution in [0.1, 0.15) is 86.3 Å². The highest BCUT2D eigenvalue weighted by Crippen LogP contribution is 2.41. The zero-order valence-corrected chi connectivity index (χ0v) is 30.7. The van der Waals surface area contributed by atoms with Crippen molar-refractivity contribution in [3.8, 4) is 11.5 Å². The molecule has 13 nitrogen and oxygen atoms in total. The second-order valence-electron chi connectivity index (χ2n) is 12.9. The molecule has 0 radical (unpaired) electrons. The van der Waals surface area contributed by atoms with Crippen molar-refractivity contribution in [1.82, 2.24) is 0 Å². The normalized spacial score (nSPS) is 30.9. The summed E-state index contributed by atoms with van der Waals surface area (Å²) in [5.41, 5.74) is 1.97. The molecule has 13 heteroatoms. The molecule has 0 aromatic heterocycles. The van der Waals surface area contributed by atoms with Gasteiger partial charge in [-0.05, 0) is 73.8 Å². The maximum atomic E-state index is 13.3. The zero-order valence-electron chi connectivity index (χ0n) is 30.7. The largest absolute Gasteiger partial charge is 0.504 e. The van der Waals surface area contributed by atoms with Gasteiger partial charge in [-0.25, -0.2) is 14.4 Å². The molecule has 10 unspecified atom stereocenters. The topological polar surface area (TPSA) is 177 Å². The van der Waals surface area contributed by atoms with Crippen LogP contribution < -0.4 is 4.74 Å². The Morgan fingerprint density at radius 2 is 1.18 bits per heavy atom. The Bertz CT molecular complexity index is 1480. The van der Waals surface area contributed by atoms with Crippen LogP contribution in [0.15, 0.2) is 47.1 Å². The van der Waals surface area contributed by atoms with Gasteiger partial charge in [0.2, 0.25) is 6.29 Å². The summed E-state index contributed by atoms with van der Waals surface area (Å²) < 4.78 is 42.1. The van der Waals surface area contributed by atoms with Crippen molar-refractivity contribution < 1.29 is 62.9 Å². The van der Waals surface area contributed by atoms with Crippen molar-refractivity contribution in [3.05, 3.63) is 58.2 Å². The predicted molar refractivity (Wildman–Crippen MR) is 181 cm³/mol. The summed E-state index contributed by atoms with van der Waals surface area (Å²) in [5.74, 6) is -2.32. The lowest BCUT2D eigenvalue weighted by atomic mass is 9.96. The minimum Gasteiger partial charge on any atom is -0.504 e. The number of phenolic OH excluding ortho intramolecular Hbond substituents is 1. The van der Waals surface area contributed by atoms with Gasteiger partial charge < -0.3 is 48.5 Å². The molecule has 2 aliphatic rings. The zero-order chi connectivity index (χ0) is 37.6. The van der Waals surface area contributed by atoms with Crippen LogP contribution in [0.2, 0.25) is 0 Å². The molecular formula is C37H52O13. The van der Waals surface area contributed by atoms with E-state index in [0.717, 1.165) is 0 Å². The third-order valence-corrected chi connectivity index (χ3v) is 9.01. The van der Waals surface area contributed by atoms with Crippen molar-refractivity contribution in [1.29, 1.82) is 0 Å². The summed E-state index contributed by atoms with van der Waals surface area (Å²) in [6.45, 7) is 18.3. The van der Waals surface area contributed by atoms with Crippen LogP contribution in [0.5, 0.6) is 11.5 Å². The van der Waals surface area contributed by atoms with Crippen LogP contribution in [0, 0.1) is 6.92 Å². The summed E-state index contributed by atoms with van der Waals surface area (Å²) in [6.07, 6.45) is -9.21. The molecule has 0 spiro atoms. The van der Waals surface area contributed by atoms with Gasteiger partial charge in [0, 0.05) is 22.3 Å². The first-order valence-corrected chi connectivity index (χ1v) is 16.8. The van der Waals surface area contributed by atoms with Crippen molar-refractivity contribution in [3.63, 3.8) is 0 Å². The number of aliphatic hydroxyl groups is 2. The van der Waals surface area contributed by atoms with Gasteiger partial charge in [0.05, 0.1) is 12.2 Å². The van der Waals surface area contributed by atoms with E-state index >= 15 is 0 Å². The van der Waals surface area contributed by atoms with E-state index in [2.05, 4.69) is 0 Å². The van der Waals surface area contributed by atoms with Gasteiger partial charge in [-0.2, -0.15) is 0 Å². The number of aliphatic hydroxyl groups excluding tert-OH is 2. The average molecular weight is 705 g/mol. The number of carbonyl (C=O) groups excluding carboxylic acids is 3. The summed E-state index contributed by atoms with van der Waals surface area (Å²) in [6, 6.07) is 3.55. The lowest BCUT2D eigenvalue weighted by Gasteiger charge is -2.47. The van der Waals surface area contributed by atoms with Crippen molar-refractivity contribution in [2.45, 2.75) is 143 Å². The minimum atomic E-state index is -1.77. The van der Waals surface area contributed by atoms with E-state index in [1.54, 1.807) is 85.8 Å². The molecule has 2 aliphatic heterocycles. The molecule has 2 heterocycles. The van der Waals surface area contributed by atoms with Crippen molar-refractivity contribution >= 4 is 17.9 Å². The van der Waals surface area contributed by atoms with Gasteiger partial charge >= 0.3 is 17.9 Å². The van der Waals surface area contributed by atoms with E-state index in [1.165, 1.54) is 6.92 Å². The molecule has 2 fully saturated rings. The lowest BCUT2D eigenvalue weighted by Crippen LogP contribution is -2.65. The molecule has 3 rings (SSSR count). The summed E-state index contributed by atoms with van der Waals surface area (Å²) in [7, 11) is 0. The SMILES string of the molecule is CC=C(C)C(=O)OC1C(C)OC(OC2C(OC(=O)C(C)=CC)C(C)OC(Oc3c(C(C)C)ccc(C)c3O)C2OC(=O)C(C)=CC)C(O)C1O. The fourth-order valence-electron chi connectivity index (χ4n) is 5.33. The third-order valence-electron chi connectivity index (χ3n) is 9.01. The highest BCUT2D eigenvalue weighted by molar-refractivity contribution is 5.88. The number of phenols is 1. The molecule has 0 amide bonds. The molecule has 50 heavy (non-hydrogen) atoms. The molecule has 2 saturated heterocycles. The van der Waals surface area contributed by atoms with E-state index in [1.807, 2.05) is 13.8 Å². The number of aromatic hydroxyl groups is 1. The standard InChI is InChI=1S/C37H52O13/c1-12-18(6)33(41)46-28-22(10)44-36(27(40)26(28)39)50-31-29(47-34(42)19(7)13-2)23(11)45-37(32(31)48-35(43)20(8)14-3)49-30-24(17(4)5)16-15-21(9)25(30)38/h12-17,22-23,26-29,31-32,36-40H,1-11H3. The van der Waals surface area contributed by atoms with Crippen LogP contribution >= 0.6 is 0 Å². The smallest absolute Gasteiger partial charge is 0.333 e. The second kappa shape index (κ2) is 17.5. The summed E-state index contributed by atoms with van der Waals surface area (Å²) in [5, 5.41) is 33.5. The molecule has 0 aliphatic carbocycles. The Morgan fingerprint density at radius 3 is 1.68 bits per heavy atom. The quantitative estimate of drug-likeness (QED) is 0.168. The van der Waals surface area contributed by atoms with E-state index in [4.69, 9.17) is 33.2 Å². The number of benzene rings is 1. The lowest BCUT2D eigenvalue weighted by molar-refractivity contribution is -0.348. The van der Waals surface area contributed by atoms with Gasteiger partial charge in [0.1, 0.15) is 18.3 Å². The maximum absolute atomic E-state index is 13.3. The minimum absolute atomic E-state index is 0.0963. The van der Waals surface area contributed by atoms with Crippen LogP contribution in [-0.2, 0) is 42.8 Å². The van der Waals surface area contributed by atoms with E-state index in [9.17, 15) is 29.7 Å². The fourth-order valence-corrected chi connectivity index (χ4v) is 5.33. The first-order valence-electron chi connectivity index (χ1n) is 16.8. The maximum Gasteiger partial charge on any atom is 0.333 e. The van der Waals surface area contributed by atoms with Gasteiger partial charge in [-0.3, -0.25) is 0 Å². The number of rotatable bonds is 11. The Labute approximate surface area is 293 Å². The third kappa shape index (κ3) is 9.12. The molecule has 278 valence electrons. The first-order chi connectivity index (χ1) is 23.5. The van der Waals surface area contributed by atoms with Gasteiger partial charge in [0.15, 0.2) is 36.1 Å². The number of aryl methyl sites for hydroxylation is 1. The van der Waals surface area contributed by atoms with E-state index in [-0.39, 0.29) is 28.6 Å². The van der Waals surface area contributed by atoms with Gasteiger partial charge in [-0.1, -0.05) is 44.2 Å². The monoisotopic (exact) mass is 704 g/mol. The van der Waals surface area contributed by atoms with Crippen LogP contribution in [0.3, 0.4) is 0 Å². The predicted octanol–water partition coefficient (Wildman–Crippen LogP) is 4.43. The van der Waals surface area contributed by atoms with Crippen LogP contribution in [-0.4, -0.2) is 94.6 Å². The first kappa shape index (κ1) is 40.7. The average Bonchev–Trinajstić information content (AvgIpc) is 3.08. The van der Waals surface area contributed by atoms with Crippen LogP contribution in [0.4, 0.5) is 0 Å². The molecule has 10 atom stereocenters. The Balaban J connectivity index is 2.12. The number of hydrogen-bond donors (Lipinski definition) is 3. The Hall–Kier alpha value is -3.75. The van der Waals surface area contributed by atoms with Gasteiger partial charge in [0.25, 0.3) is 0 Å². The molecular weight excluding hydrogens is 652 g/mol. The highest BCUT2D eigenvalue weighted by atomic mass is 16.8. The Morgan fingerprint density at radius 1 is 0.720 bits per heavy atom. The molecule has 3 N–H and O–H groups in total. The number of allylic oxidation sites excluding steroid dienone is 3. The van der Waals surface area contributed by atoms with E-state index < -0.39 is 79.3 Å². The summed E-state index contributed by atoms with van der Waals surface area (Å²) in [4.78, 5) is 39.0. The van der Waals surface area contributed by atoms with Crippen LogP contribution in [0.25, 0.3) is 0 Å². The number of hydrogen-bond acceptors (Lipinski definition) is 13. The van der Waals surface area contributed by atoms with Gasteiger partial charge in [-0.15, -0.1) is 0 Å². The van der Waals surface area contributed by atoms with Crippen molar-refractivity contribution in [2.75, 3.05) is 0 Å². The number of esters is 3. The van der Waals surface area contributed by atoms with E-state index in [0.29, 0.717) is 16.7 Å². The summed E-state index contributed by atoms with van der Waals surface area (Å²) >= 11 is 0.